The molecule has 108 valence electrons. The van der Waals surface area contributed by atoms with E-state index in [2.05, 4.69) is 6.07 Å². The molecule has 0 atom stereocenters. The lowest BCUT2D eigenvalue weighted by Gasteiger charge is -2.11. The second-order valence-electron chi connectivity index (χ2n) is 4.78. The molecule has 0 aliphatic carbocycles. The van der Waals surface area contributed by atoms with Crippen molar-refractivity contribution >= 4 is 23.6 Å². The van der Waals surface area contributed by atoms with Gasteiger partial charge in [0.05, 0.1) is 0 Å². The Kier molecular flexibility index (Phi) is 4.66. The number of aliphatic carboxylic acids is 1. The summed E-state index contributed by atoms with van der Waals surface area (Å²) in [6.07, 6.45) is 2.55. The lowest BCUT2D eigenvalue weighted by atomic mass is 10.1. The molecule has 0 spiro atoms. The predicted octanol–water partition coefficient (Wildman–Crippen LogP) is 4.85. The Labute approximate surface area is 128 Å². The van der Waals surface area contributed by atoms with Crippen LogP contribution in [0.3, 0.4) is 0 Å². The van der Waals surface area contributed by atoms with Gasteiger partial charge in [-0.15, -0.1) is 0 Å². The van der Waals surface area contributed by atoms with Crippen LogP contribution in [0.15, 0.2) is 42.5 Å². The number of aryl methyl sites for hydroxylation is 2. The van der Waals surface area contributed by atoms with Gasteiger partial charge in [-0.3, -0.25) is 0 Å². The highest BCUT2D eigenvalue weighted by molar-refractivity contribution is 6.30. The molecule has 2 aromatic rings. The van der Waals surface area contributed by atoms with Gasteiger partial charge in [0, 0.05) is 22.7 Å². The molecular formula is C17H15ClO3. The van der Waals surface area contributed by atoms with Gasteiger partial charge in [0.25, 0.3) is 0 Å². The molecule has 0 amide bonds. The molecule has 2 rings (SSSR count). The number of ether oxygens (including phenoxy) is 1. The summed E-state index contributed by atoms with van der Waals surface area (Å²) >= 11 is 5.99. The topological polar surface area (TPSA) is 46.5 Å². The van der Waals surface area contributed by atoms with Crippen LogP contribution in [0.5, 0.6) is 11.5 Å². The lowest BCUT2D eigenvalue weighted by Crippen LogP contribution is -1.91. The molecule has 0 aromatic heterocycles. The summed E-state index contributed by atoms with van der Waals surface area (Å²) in [7, 11) is 0. The van der Waals surface area contributed by atoms with E-state index in [1.54, 1.807) is 18.2 Å². The number of benzene rings is 2. The van der Waals surface area contributed by atoms with E-state index in [0.29, 0.717) is 22.1 Å². The standard InChI is InChI=1S/C17H15ClO3/c1-11-7-12(2)9-15(8-11)21-16-10-14(18)5-3-13(16)4-6-17(19)20/h3-10H,1-2H3,(H,19,20)/b6-4+. The van der Waals surface area contributed by atoms with Crippen molar-refractivity contribution in [2.24, 2.45) is 0 Å². The molecule has 0 fully saturated rings. The van der Waals surface area contributed by atoms with Crippen molar-refractivity contribution in [1.82, 2.24) is 0 Å². The van der Waals surface area contributed by atoms with E-state index < -0.39 is 5.97 Å². The third-order valence-corrected chi connectivity index (χ3v) is 3.04. The molecule has 2 aromatic carbocycles. The largest absolute Gasteiger partial charge is 0.478 e. The maximum atomic E-state index is 10.6. The van der Waals surface area contributed by atoms with Crippen LogP contribution >= 0.6 is 11.6 Å². The van der Waals surface area contributed by atoms with Crippen LogP contribution in [0.4, 0.5) is 0 Å². The average Bonchev–Trinajstić information content (AvgIpc) is 2.36. The number of rotatable bonds is 4. The fraction of sp³-hybridized carbons (Fsp3) is 0.118. The van der Waals surface area contributed by atoms with Crippen LogP contribution < -0.4 is 4.74 Å². The Bertz CT molecular complexity index is 685. The Hall–Kier alpha value is -2.26. The van der Waals surface area contributed by atoms with E-state index >= 15 is 0 Å². The van der Waals surface area contributed by atoms with Gasteiger partial charge in [-0.05, 0) is 55.3 Å². The first-order chi connectivity index (χ1) is 9.94. The molecule has 0 unspecified atom stereocenters. The minimum Gasteiger partial charge on any atom is -0.478 e. The highest BCUT2D eigenvalue weighted by atomic mass is 35.5. The zero-order valence-electron chi connectivity index (χ0n) is 11.8. The highest BCUT2D eigenvalue weighted by Crippen LogP contribution is 2.30. The van der Waals surface area contributed by atoms with Crippen molar-refractivity contribution in [2.45, 2.75) is 13.8 Å². The third kappa shape index (κ3) is 4.36. The number of halogens is 1. The number of hydrogen-bond donors (Lipinski definition) is 1. The van der Waals surface area contributed by atoms with Gasteiger partial charge < -0.3 is 9.84 Å². The van der Waals surface area contributed by atoms with Gasteiger partial charge >= 0.3 is 5.97 Å². The van der Waals surface area contributed by atoms with Gasteiger partial charge in [0.1, 0.15) is 11.5 Å². The SMILES string of the molecule is Cc1cc(C)cc(Oc2cc(Cl)ccc2/C=C/C(=O)O)c1. The van der Waals surface area contributed by atoms with Crippen molar-refractivity contribution in [3.05, 3.63) is 64.2 Å². The molecule has 0 aliphatic heterocycles. The summed E-state index contributed by atoms with van der Waals surface area (Å²) in [4.78, 5) is 10.6. The number of carbonyl (C=O) groups is 1. The Morgan fingerprint density at radius 2 is 1.81 bits per heavy atom. The van der Waals surface area contributed by atoms with Crippen LogP contribution in [0.1, 0.15) is 16.7 Å². The molecule has 21 heavy (non-hydrogen) atoms. The van der Waals surface area contributed by atoms with Crippen LogP contribution in [-0.4, -0.2) is 11.1 Å². The van der Waals surface area contributed by atoms with E-state index in [9.17, 15) is 4.79 Å². The molecule has 4 heteroatoms. The predicted molar refractivity (Wildman–Crippen MR) is 84.1 cm³/mol. The Morgan fingerprint density at radius 3 is 2.43 bits per heavy atom. The molecular weight excluding hydrogens is 288 g/mol. The van der Waals surface area contributed by atoms with Gasteiger partial charge in [0.2, 0.25) is 0 Å². The Morgan fingerprint density at radius 1 is 1.14 bits per heavy atom. The van der Waals surface area contributed by atoms with E-state index in [4.69, 9.17) is 21.4 Å². The normalized spacial score (nSPS) is 10.8. The zero-order valence-corrected chi connectivity index (χ0v) is 12.5. The van der Waals surface area contributed by atoms with Crippen molar-refractivity contribution in [1.29, 1.82) is 0 Å². The maximum Gasteiger partial charge on any atom is 0.328 e. The lowest BCUT2D eigenvalue weighted by molar-refractivity contribution is -0.131. The second-order valence-corrected chi connectivity index (χ2v) is 5.22. The number of carboxylic acid groups (broad SMARTS) is 1. The zero-order chi connectivity index (χ0) is 15.4. The molecule has 1 N–H and O–H groups in total. The molecule has 0 aliphatic rings. The minimum atomic E-state index is -1.01. The van der Waals surface area contributed by atoms with E-state index in [0.717, 1.165) is 17.2 Å². The van der Waals surface area contributed by atoms with Gasteiger partial charge in [-0.2, -0.15) is 0 Å². The van der Waals surface area contributed by atoms with Crippen molar-refractivity contribution in [3.8, 4) is 11.5 Å². The molecule has 0 heterocycles. The summed E-state index contributed by atoms with van der Waals surface area (Å²) in [6, 6.07) is 11.0. The number of carboxylic acids is 1. The van der Waals surface area contributed by atoms with Crippen molar-refractivity contribution in [2.75, 3.05) is 0 Å². The monoisotopic (exact) mass is 302 g/mol. The average molecular weight is 303 g/mol. The van der Waals surface area contributed by atoms with Crippen molar-refractivity contribution in [3.63, 3.8) is 0 Å². The van der Waals surface area contributed by atoms with E-state index in [1.807, 2.05) is 26.0 Å². The molecule has 0 radical (unpaired) electrons. The van der Waals surface area contributed by atoms with Gasteiger partial charge in [-0.25, -0.2) is 4.79 Å². The maximum absolute atomic E-state index is 10.6. The van der Waals surface area contributed by atoms with Crippen LogP contribution in [0.2, 0.25) is 5.02 Å². The van der Waals surface area contributed by atoms with Crippen LogP contribution in [0.25, 0.3) is 6.08 Å². The van der Waals surface area contributed by atoms with E-state index in [1.165, 1.54) is 6.08 Å². The fourth-order valence-corrected chi connectivity index (χ4v) is 2.18. The van der Waals surface area contributed by atoms with Crippen molar-refractivity contribution < 1.29 is 14.6 Å². The smallest absolute Gasteiger partial charge is 0.328 e. The molecule has 0 bridgehead atoms. The quantitative estimate of drug-likeness (QED) is 0.821. The molecule has 0 saturated heterocycles. The van der Waals surface area contributed by atoms with Crippen LogP contribution in [0, 0.1) is 13.8 Å². The summed E-state index contributed by atoms with van der Waals surface area (Å²) in [5, 5.41) is 9.26. The first kappa shape index (κ1) is 15.1. The molecule has 0 saturated carbocycles. The summed E-state index contributed by atoms with van der Waals surface area (Å²) < 4.78 is 5.86. The van der Waals surface area contributed by atoms with Gasteiger partial charge in [0.15, 0.2) is 0 Å². The van der Waals surface area contributed by atoms with Crippen LogP contribution in [-0.2, 0) is 4.79 Å². The highest BCUT2D eigenvalue weighted by Gasteiger charge is 2.06. The first-order valence-electron chi connectivity index (χ1n) is 6.41. The molecule has 3 nitrogen and oxygen atoms in total. The Balaban J connectivity index is 2.37. The second kappa shape index (κ2) is 6.46. The summed E-state index contributed by atoms with van der Waals surface area (Å²) in [5.41, 5.74) is 2.84. The number of hydrogen-bond acceptors (Lipinski definition) is 2. The third-order valence-electron chi connectivity index (χ3n) is 2.80. The summed E-state index contributed by atoms with van der Waals surface area (Å²) in [6.45, 7) is 3.98. The fourth-order valence-electron chi connectivity index (χ4n) is 2.01. The summed E-state index contributed by atoms with van der Waals surface area (Å²) in [5.74, 6) is 0.201. The first-order valence-corrected chi connectivity index (χ1v) is 6.78. The minimum absolute atomic E-state index is 0.519. The van der Waals surface area contributed by atoms with Gasteiger partial charge in [-0.1, -0.05) is 17.7 Å². The van der Waals surface area contributed by atoms with E-state index in [-0.39, 0.29) is 0 Å².